The summed E-state index contributed by atoms with van der Waals surface area (Å²) in [7, 11) is 2.13. The van der Waals surface area contributed by atoms with Gasteiger partial charge in [-0.15, -0.1) is 0 Å². The van der Waals surface area contributed by atoms with Crippen LogP contribution < -0.4 is 0 Å². The second kappa shape index (κ2) is 6.44. The molecule has 3 aromatic rings. The van der Waals surface area contributed by atoms with E-state index in [1.165, 1.54) is 23.5 Å². The van der Waals surface area contributed by atoms with Crippen LogP contribution in [0.5, 0.6) is 0 Å². The number of hydrogen-bond acceptors (Lipinski definition) is 3. The molecule has 2 aromatic heterocycles. The van der Waals surface area contributed by atoms with Gasteiger partial charge in [-0.1, -0.05) is 12.1 Å². The number of likely N-dealkylation sites (N-methyl/N-ethyl adjacent to an activating group) is 1. The monoisotopic (exact) mass is 339 g/mol. The van der Waals surface area contributed by atoms with Crippen molar-refractivity contribution >= 4 is 0 Å². The maximum Gasteiger partial charge on any atom is 0.140 e. The van der Waals surface area contributed by atoms with Gasteiger partial charge in [-0.25, -0.2) is 14.4 Å². The number of rotatable bonds is 4. The van der Waals surface area contributed by atoms with Crippen molar-refractivity contribution in [3.05, 3.63) is 59.7 Å². The number of hydrogen-bond donors (Lipinski definition) is 0. The molecule has 1 aliphatic heterocycles. The van der Waals surface area contributed by atoms with E-state index in [0.717, 1.165) is 43.3 Å². The molecule has 1 aliphatic rings. The van der Waals surface area contributed by atoms with Crippen molar-refractivity contribution in [2.45, 2.75) is 33.0 Å². The standard InChI is InChI=1S/C19H22FN5/c1-3-25-17-7-9-23(2)12-16(17)22-18(25)13-24-10-8-21-19(24)14-5-4-6-15(20)11-14/h4-6,8,10-11H,3,7,9,12-13H2,1-2H3. The van der Waals surface area contributed by atoms with Crippen LogP contribution in [0.15, 0.2) is 36.7 Å². The molecule has 0 aliphatic carbocycles. The molecule has 0 fully saturated rings. The Kier molecular flexibility index (Phi) is 4.13. The summed E-state index contributed by atoms with van der Waals surface area (Å²) in [6.45, 7) is 5.67. The molecule has 0 unspecified atom stereocenters. The Labute approximate surface area is 146 Å². The van der Waals surface area contributed by atoms with E-state index < -0.39 is 0 Å². The fraction of sp³-hybridized carbons (Fsp3) is 0.368. The summed E-state index contributed by atoms with van der Waals surface area (Å²) in [5, 5.41) is 0. The maximum atomic E-state index is 13.6. The average molecular weight is 339 g/mol. The van der Waals surface area contributed by atoms with Gasteiger partial charge in [-0.2, -0.15) is 0 Å². The number of halogens is 1. The largest absolute Gasteiger partial charge is 0.330 e. The Balaban J connectivity index is 1.69. The molecular weight excluding hydrogens is 317 g/mol. The van der Waals surface area contributed by atoms with Crippen LogP contribution in [0.3, 0.4) is 0 Å². The van der Waals surface area contributed by atoms with Gasteiger partial charge in [0.25, 0.3) is 0 Å². The molecule has 0 saturated carbocycles. The first-order valence-corrected chi connectivity index (χ1v) is 8.68. The van der Waals surface area contributed by atoms with Crippen LogP contribution in [0, 0.1) is 5.82 Å². The molecule has 0 saturated heterocycles. The van der Waals surface area contributed by atoms with E-state index in [0.29, 0.717) is 6.54 Å². The fourth-order valence-corrected chi connectivity index (χ4v) is 3.60. The molecule has 3 heterocycles. The Bertz CT molecular complexity index is 895. The van der Waals surface area contributed by atoms with Crippen molar-refractivity contribution in [2.75, 3.05) is 13.6 Å². The van der Waals surface area contributed by atoms with E-state index >= 15 is 0 Å². The number of benzene rings is 1. The van der Waals surface area contributed by atoms with Crippen LogP contribution in [-0.4, -0.2) is 37.6 Å². The molecular formula is C19H22FN5. The Morgan fingerprint density at radius 1 is 1.28 bits per heavy atom. The Hall–Kier alpha value is -2.47. The zero-order valence-corrected chi connectivity index (χ0v) is 14.6. The van der Waals surface area contributed by atoms with Gasteiger partial charge < -0.3 is 14.0 Å². The topological polar surface area (TPSA) is 38.9 Å². The van der Waals surface area contributed by atoms with Crippen molar-refractivity contribution in [3.63, 3.8) is 0 Å². The van der Waals surface area contributed by atoms with E-state index in [2.05, 4.69) is 28.4 Å². The van der Waals surface area contributed by atoms with Gasteiger partial charge in [0, 0.05) is 49.7 Å². The molecule has 130 valence electrons. The van der Waals surface area contributed by atoms with Crippen molar-refractivity contribution in [2.24, 2.45) is 0 Å². The summed E-state index contributed by atoms with van der Waals surface area (Å²) in [5.74, 6) is 1.55. The minimum Gasteiger partial charge on any atom is -0.330 e. The van der Waals surface area contributed by atoms with Crippen molar-refractivity contribution in [3.8, 4) is 11.4 Å². The van der Waals surface area contributed by atoms with Crippen molar-refractivity contribution in [1.29, 1.82) is 0 Å². The second-order valence-corrected chi connectivity index (χ2v) is 6.54. The lowest BCUT2D eigenvalue weighted by Gasteiger charge is -2.22. The lowest BCUT2D eigenvalue weighted by Crippen LogP contribution is -2.27. The summed E-state index contributed by atoms with van der Waals surface area (Å²) in [4.78, 5) is 11.6. The van der Waals surface area contributed by atoms with Gasteiger partial charge in [0.1, 0.15) is 17.5 Å². The first kappa shape index (κ1) is 16.0. The smallest absolute Gasteiger partial charge is 0.140 e. The number of aromatic nitrogens is 4. The highest BCUT2D eigenvalue weighted by molar-refractivity contribution is 5.55. The second-order valence-electron chi connectivity index (χ2n) is 6.54. The lowest BCUT2D eigenvalue weighted by molar-refractivity contribution is 0.304. The van der Waals surface area contributed by atoms with Crippen LogP contribution in [0.2, 0.25) is 0 Å². The number of nitrogens with zero attached hydrogens (tertiary/aromatic N) is 5. The molecule has 25 heavy (non-hydrogen) atoms. The van der Waals surface area contributed by atoms with Crippen molar-refractivity contribution < 1.29 is 4.39 Å². The zero-order valence-electron chi connectivity index (χ0n) is 14.6. The first-order chi connectivity index (χ1) is 12.2. The van der Waals surface area contributed by atoms with E-state index in [1.807, 2.05) is 16.8 Å². The third kappa shape index (κ3) is 2.98. The van der Waals surface area contributed by atoms with Gasteiger partial charge >= 0.3 is 0 Å². The predicted molar refractivity (Wildman–Crippen MR) is 94.7 cm³/mol. The highest BCUT2D eigenvalue weighted by atomic mass is 19.1. The molecule has 0 atom stereocenters. The summed E-state index contributed by atoms with van der Waals surface area (Å²) >= 11 is 0. The van der Waals surface area contributed by atoms with Gasteiger partial charge in [0.15, 0.2) is 0 Å². The van der Waals surface area contributed by atoms with Crippen LogP contribution in [0.25, 0.3) is 11.4 Å². The normalized spacial score (nSPS) is 14.7. The molecule has 0 bridgehead atoms. The molecule has 6 heteroatoms. The van der Waals surface area contributed by atoms with Gasteiger partial charge in [0.2, 0.25) is 0 Å². The SMILES string of the molecule is CCn1c(Cn2ccnc2-c2cccc(F)c2)nc2c1CCN(C)C2. The predicted octanol–water partition coefficient (Wildman–Crippen LogP) is 2.94. The molecule has 0 N–H and O–H groups in total. The summed E-state index contributed by atoms with van der Waals surface area (Å²) in [6, 6.07) is 6.57. The van der Waals surface area contributed by atoms with E-state index in [4.69, 9.17) is 4.98 Å². The fourth-order valence-electron chi connectivity index (χ4n) is 3.60. The van der Waals surface area contributed by atoms with E-state index in [9.17, 15) is 4.39 Å². The van der Waals surface area contributed by atoms with Crippen LogP contribution in [-0.2, 0) is 26.1 Å². The third-order valence-electron chi connectivity index (χ3n) is 4.81. The lowest BCUT2D eigenvalue weighted by atomic mass is 10.1. The quantitative estimate of drug-likeness (QED) is 0.734. The number of fused-ring (bicyclic) bond motifs is 1. The molecule has 4 rings (SSSR count). The third-order valence-corrected chi connectivity index (χ3v) is 4.81. The van der Waals surface area contributed by atoms with Gasteiger partial charge in [-0.05, 0) is 26.1 Å². The summed E-state index contributed by atoms with van der Waals surface area (Å²) in [6.07, 6.45) is 4.72. The van der Waals surface area contributed by atoms with Gasteiger partial charge in [0.05, 0.1) is 12.2 Å². The molecule has 1 aromatic carbocycles. The van der Waals surface area contributed by atoms with Gasteiger partial charge in [-0.3, -0.25) is 0 Å². The highest BCUT2D eigenvalue weighted by Gasteiger charge is 2.22. The molecule has 5 nitrogen and oxygen atoms in total. The van der Waals surface area contributed by atoms with Crippen LogP contribution >= 0.6 is 0 Å². The zero-order chi connectivity index (χ0) is 17.4. The van der Waals surface area contributed by atoms with E-state index in [1.54, 1.807) is 12.3 Å². The highest BCUT2D eigenvalue weighted by Crippen LogP contribution is 2.23. The summed E-state index contributed by atoms with van der Waals surface area (Å²) in [5.41, 5.74) is 3.31. The molecule has 0 spiro atoms. The number of imidazole rings is 2. The van der Waals surface area contributed by atoms with E-state index in [-0.39, 0.29) is 5.82 Å². The van der Waals surface area contributed by atoms with Crippen molar-refractivity contribution in [1.82, 2.24) is 24.0 Å². The van der Waals surface area contributed by atoms with Crippen LogP contribution in [0.1, 0.15) is 24.1 Å². The Morgan fingerprint density at radius 3 is 2.96 bits per heavy atom. The maximum absolute atomic E-state index is 13.6. The van der Waals surface area contributed by atoms with Crippen LogP contribution in [0.4, 0.5) is 4.39 Å². The minimum absolute atomic E-state index is 0.249. The average Bonchev–Trinajstić information content (AvgIpc) is 3.18. The minimum atomic E-state index is -0.249. The first-order valence-electron chi connectivity index (χ1n) is 8.68. The summed E-state index contributed by atoms with van der Waals surface area (Å²) < 4.78 is 17.9. The molecule has 0 radical (unpaired) electrons. The molecule has 0 amide bonds. The Morgan fingerprint density at radius 2 is 2.16 bits per heavy atom.